The maximum atomic E-state index is 13.5. The summed E-state index contributed by atoms with van der Waals surface area (Å²) >= 11 is 0. The van der Waals surface area contributed by atoms with Crippen LogP contribution in [0.25, 0.3) is 33.3 Å². The van der Waals surface area contributed by atoms with Crippen molar-refractivity contribution >= 4 is 22.6 Å². The van der Waals surface area contributed by atoms with Gasteiger partial charge in [0.15, 0.2) is 0 Å². The number of amides is 2. The number of nitrogens with one attached hydrogen (secondary N) is 2. The number of anilines is 1. The monoisotopic (exact) mass is 603 g/mol. The van der Waals surface area contributed by atoms with Crippen LogP contribution in [-0.4, -0.2) is 36.0 Å². The highest BCUT2D eigenvalue weighted by Gasteiger charge is 2.32. The lowest BCUT2D eigenvalue weighted by molar-refractivity contribution is -0.137. The molecule has 0 bridgehead atoms. The van der Waals surface area contributed by atoms with Crippen molar-refractivity contribution in [1.82, 2.24) is 9.88 Å². The predicted molar refractivity (Wildman–Crippen MR) is 165 cm³/mol. The Labute approximate surface area is 254 Å². The number of hydrogen-bond acceptors (Lipinski definition) is 3. The standard InChI is InChI=1S/C35H36F3N3O3/c36-35(37,38)24-11-7-22(8-12-24)32-30-16-15-29(44-28-17-19-43-20-18-28)21-31(30)41(27-5-2-6-27)33(32)23-9-13-26(14-10-23)40-34(42)39-25-3-1-4-25/h7-16,21,25,27-28H,1-6,17-20H2,(H2,39,40,42). The van der Waals surface area contributed by atoms with Gasteiger partial charge in [0.05, 0.1) is 30.0 Å². The van der Waals surface area contributed by atoms with Crippen molar-refractivity contribution in [3.8, 4) is 28.1 Å². The molecule has 6 nitrogen and oxygen atoms in total. The summed E-state index contributed by atoms with van der Waals surface area (Å²) in [6.07, 6.45) is 3.67. The molecule has 2 heterocycles. The summed E-state index contributed by atoms with van der Waals surface area (Å²) in [5, 5.41) is 6.89. The van der Waals surface area contributed by atoms with Gasteiger partial charge in [-0.1, -0.05) is 24.3 Å². The molecule has 2 aliphatic carbocycles. The van der Waals surface area contributed by atoms with E-state index in [2.05, 4.69) is 21.3 Å². The lowest BCUT2D eigenvalue weighted by Gasteiger charge is -2.30. The predicted octanol–water partition coefficient (Wildman–Crippen LogP) is 8.95. The van der Waals surface area contributed by atoms with E-state index in [0.717, 1.165) is 103 Å². The van der Waals surface area contributed by atoms with Crippen LogP contribution in [0.15, 0.2) is 66.7 Å². The molecule has 44 heavy (non-hydrogen) atoms. The molecule has 1 aromatic heterocycles. The van der Waals surface area contributed by atoms with Crippen LogP contribution in [0.1, 0.15) is 63.0 Å². The second-order valence-corrected chi connectivity index (χ2v) is 12.2. The van der Waals surface area contributed by atoms with Crippen LogP contribution >= 0.6 is 0 Å². The number of rotatable bonds is 7. The Morgan fingerprint density at radius 1 is 0.841 bits per heavy atom. The fourth-order valence-electron chi connectivity index (χ4n) is 6.39. The van der Waals surface area contributed by atoms with Gasteiger partial charge in [0.25, 0.3) is 0 Å². The van der Waals surface area contributed by atoms with Crippen molar-refractivity contribution in [3.05, 3.63) is 72.3 Å². The van der Waals surface area contributed by atoms with Crippen molar-refractivity contribution in [3.63, 3.8) is 0 Å². The highest BCUT2D eigenvalue weighted by atomic mass is 19.4. The fraction of sp³-hybridized carbons (Fsp3) is 0.400. The number of ether oxygens (including phenoxy) is 2. The fourth-order valence-corrected chi connectivity index (χ4v) is 6.39. The van der Waals surface area contributed by atoms with Gasteiger partial charge in [-0.3, -0.25) is 0 Å². The molecule has 3 aliphatic rings. The number of nitrogens with zero attached hydrogens (tertiary/aromatic N) is 1. The molecule has 230 valence electrons. The Kier molecular flexibility index (Phi) is 7.74. The van der Waals surface area contributed by atoms with Gasteiger partial charge in [-0.2, -0.15) is 13.2 Å². The van der Waals surface area contributed by atoms with E-state index in [4.69, 9.17) is 9.47 Å². The van der Waals surface area contributed by atoms with Crippen molar-refractivity contribution in [2.45, 2.75) is 75.7 Å². The van der Waals surface area contributed by atoms with Gasteiger partial charge in [0.2, 0.25) is 0 Å². The zero-order valence-corrected chi connectivity index (χ0v) is 24.5. The number of halogens is 3. The second kappa shape index (κ2) is 11.8. The van der Waals surface area contributed by atoms with E-state index in [0.29, 0.717) is 18.9 Å². The molecule has 0 radical (unpaired) electrons. The number of urea groups is 1. The Morgan fingerprint density at radius 3 is 2.14 bits per heavy atom. The number of alkyl halides is 3. The second-order valence-electron chi connectivity index (χ2n) is 12.2. The molecule has 1 aliphatic heterocycles. The van der Waals surface area contributed by atoms with Crippen molar-refractivity contribution in [2.75, 3.05) is 18.5 Å². The van der Waals surface area contributed by atoms with E-state index in [9.17, 15) is 18.0 Å². The number of benzene rings is 3. The van der Waals surface area contributed by atoms with Crippen LogP contribution in [-0.2, 0) is 10.9 Å². The van der Waals surface area contributed by atoms with Crippen molar-refractivity contribution in [1.29, 1.82) is 0 Å². The van der Waals surface area contributed by atoms with Gasteiger partial charge >= 0.3 is 12.2 Å². The molecule has 1 saturated heterocycles. The molecule has 2 amide bonds. The van der Waals surface area contributed by atoms with E-state index in [1.807, 2.05) is 36.4 Å². The summed E-state index contributed by atoms with van der Waals surface area (Å²) in [7, 11) is 0. The highest BCUT2D eigenvalue weighted by Crippen LogP contribution is 2.48. The first kappa shape index (κ1) is 28.8. The normalized spacial score (nSPS) is 18.1. The van der Waals surface area contributed by atoms with Gasteiger partial charge < -0.3 is 24.7 Å². The summed E-state index contributed by atoms with van der Waals surface area (Å²) in [6, 6.07) is 19.6. The average molecular weight is 604 g/mol. The Balaban J connectivity index is 1.32. The first-order chi connectivity index (χ1) is 21.3. The first-order valence-corrected chi connectivity index (χ1v) is 15.6. The van der Waals surface area contributed by atoms with Gasteiger partial charge in [0.1, 0.15) is 11.9 Å². The number of fused-ring (bicyclic) bond motifs is 1. The minimum absolute atomic E-state index is 0.0868. The van der Waals surface area contributed by atoms with E-state index in [1.165, 1.54) is 0 Å². The number of carbonyl (C=O) groups excluding carboxylic acids is 1. The van der Waals surface area contributed by atoms with Crippen LogP contribution < -0.4 is 15.4 Å². The smallest absolute Gasteiger partial charge is 0.416 e. The molecule has 0 spiro atoms. The number of carbonyl (C=O) groups is 1. The molecule has 3 aromatic carbocycles. The largest absolute Gasteiger partial charge is 0.490 e. The summed E-state index contributed by atoms with van der Waals surface area (Å²) in [5.41, 5.74) is 4.51. The number of hydrogen-bond donors (Lipinski definition) is 2. The summed E-state index contributed by atoms with van der Waals surface area (Å²) < 4.78 is 54.7. The van der Waals surface area contributed by atoms with Gasteiger partial charge in [-0.15, -0.1) is 0 Å². The first-order valence-electron chi connectivity index (χ1n) is 15.6. The van der Waals surface area contributed by atoms with E-state index in [1.54, 1.807) is 12.1 Å². The highest BCUT2D eigenvalue weighted by molar-refractivity contribution is 6.05. The van der Waals surface area contributed by atoms with E-state index < -0.39 is 11.7 Å². The molecular weight excluding hydrogens is 567 g/mol. The Morgan fingerprint density at radius 2 is 1.52 bits per heavy atom. The molecule has 9 heteroatoms. The molecule has 0 unspecified atom stereocenters. The maximum absolute atomic E-state index is 13.5. The van der Waals surface area contributed by atoms with Crippen LogP contribution in [0.2, 0.25) is 0 Å². The molecule has 2 saturated carbocycles. The summed E-state index contributed by atoms with van der Waals surface area (Å²) in [5.74, 6) is 0.782. The third-order valence-electron chi connectivity index (χ3n) is 9.24. The van der Waals surface area contributed by atoms with Crippen molar-refractivity contribution < 1.29 is 27.4 Å². The molecule has 7 rings (SSSR count). The van der Waals surface area contributed by atoms with E-state index >= 15 is 0 Å². The molecule has 3 fully saturated rings. The summed E-state index contributed by atoms with van der Waals surface area (Å²) in [4.78, 5) is 12.5. The van der Waals surface area contributed by atoms with Crippen LogP contribution in [0.5, 0.6) is 5.75 Å². The maximum Gasteiger partial charge on any atom is 0.416 e. The van der Waals surface area contributed by atoms with Gasteiger partial charge in [0, 0.05) is 47.6 Å². The minimum atomic E-state index is -4.41. The molecule has 4 aromatic rings. The van der Waals surface area contributed by atoms with Gasteiger partial charge in [-0.25, -0.2) is 4.79 Å². The van der Waals surface area contributed by atoms with Crippen LogP contribution in [0.3, 0.4) is 0 Å². The van der Waals surface area contributed by atoms with Gasteiger partial charge in [-0.05, 0) is 86.1 Å². The number of aromatic nitrogens is 1. The average Bonchev–Trinajstić information content (AvgIpc) is 3.28. The van der Waals surface area contributed by atoms with Crippen LogP contribution in [0, 0.1) is 0 Å². The van der Waals surface area contributed by atoms with E-state index in [-0.39, 0.29) is 24.2 Å². The third-order valence-corrected chi connectivity index (χ3v) is 9.24. The lowest BCUT2D eigenvalue weighted by atomic mass is 9.91. The van der Waals surface area contributed by atoms with Crippen molar-refractivity contribution in [2.24, 2.45) is 0 Å². The zero-order chi connectivity index (χ0) is 30.3. The SMILES string of the molecule is O=C(Nc1ccc(-c2c(-c3ccc(C(F)(F)F)cc3)c3ccc(OC4CCOCC4)cc3n2C2CCC2)cc1)NC1CCC1. The summed E-state index contributed by atoms with van der Waals surface area (Å²) in [6.45, 7) is 1.36. The lowest BCUT2D eigenvalue weighted by Crippen LogP contribution is -2.41. The molecular formula is C35H36F3N3O3. The zero-order valence-electron chi connectivity index (χ0n) is 24.5. The minimum Gasteiger partial charge on any atom is -0.490 e. The Bertz CT molecular complexity index is 1630. The topological polar surface area (TPSA) is 64.5 Å². The molecule has 2 N–H and O–H groups in total. The Hall–Kier alpha value is -3.98. The quantitative estimate of drug-likeness (QED) is 0.222. The van der Waals surface area contributed by atoms with Crippen LogP contribution in [0.4, 0.5) is 23.7 Å². The third kappa shape index (κ3) is 5.77. The molecule has 0 atom stereocenters.